The molecule has 0 aromatic heterocycles. The van der Waals surface area contributed by atoms with Gasteiger partial charge in [0.25, 0.3) is 0 Å². The first-order valence-electron chi connectivity index (χ1n) is 8.74. The summed E-state index contributed by atoms with van der Waals surface area (Å²) in [5, 5.41) is 3.52. The highest BCUT2D eigenvalue weighted by Gasteiger charge is 1.94. The lowest BCUT2D eigenvalue weighted by Crippen LogP contribution is -2.14. The van der Waals surface area contributed by atoms with E-state index in [1.165, 1.54) is 69.8 Å². The topological polar surface area (TPSA) is 12.0 Å². The van der Waals surface area contributed by atoms with Gasteiger partial charge in [-0.25, -0.2) is 0 Å². The summed E-state index contributed by atoms with van der Waals surface area (Å²) in [5.41, 5.74) is 1.38. The monoisotopic (exact) mass is 345 g/mol. The van der Waals surface area contributed by atoms with Gasteiger partial charge < -0.3 is 5.32 Å². The van der Waals surface area contributed by atoms with Crippen LogP contribution in [-0.4, -0.2) is 12.4 Å². The molecule has 1 aromatic carbocycles. The fourth-order valence-electron chi connectivity index (χ4n) is 2.59. The van der Waals surface area contributed by atoms with Crippen LogP contribution in [0.4, 0.5) is 0 Å². The molecule has 0 aliphatic carbocycles. The molecule has 0 atom stereocenters. The van der Waals surface area contributed by atoms with E-state index in [2.05, 4.69) is 35.6 Å². The third kappa shape index (κ3) is 13.4. The molecule has 22 heavy (non-hydrogen) atoms. The highest BCUT2D eigenvalue weighted by molar-refractivity contribution is 6.17. The van der Waals surface area contributed by atoms with E-state index < -0.39 is 0 Å². The van der Waals surface area contributed by atoms with E-state index in [0.29, 0.717) is 0 Å². The Bertz CT molecular complexity index is 316. The van der Waals surface area contributed by atoms with Crippen LogP contribution in [0.1, 0.15) is 69.8 Å². The summed E-state index contributed by atoms with van der Waals surface area (Å²) in [7, 11) is 0. The minimum atomic E-state index is 0. The van der Waals surface area contributed by atoms with Gasteiger partial charge in [-0.15, -0.1) is 24.0 Å². The Hall–Kier alpha value is -0.240. The van der Waals surface area contributed by atoms with Crippen LogP contribution in [0, 0.1) is 0 Å². The summed E-state index contributed by atoms with van der Waals surface area (Å²) >= 11 is 5.66. The van der Waals surface area contributed by atoms with Crippen molar-refractivity contribution in [2.24, 2.45) is 0 Å². The average molecular weight is 346 g/mol. The van der Waals surface area contributed by atoms with Gasteiger partial charge in [-0.05, 0) is 24.9 Å². The smallest absolute Gasteiger partial charge is 0.0223 e. The molecule has 0 heterocycles. The minimum Gasteiger partial charge on any atom is -0.313 e. The third-order valence-electron chi connectivity index (χ3n) is 3.91. The van der Waals surface area contributed by atoms with Crippen molar-refractivity contribution in [3.8, 4) is 0 Å². The van der Waals surface area contributed by atoms with Gasteiger partial charge in [-0.3, -0.25) is 0 Å². The Balaban J connectivity index is 0.00000441. The molecule has 0 aliphatic heterocycles. The molecule has 0 unspecified atom stereocenters. The first-order valence-corrected chi connectivity index (χ1v) is 9.27. The van der Waals surface area contributed by atoms with E-state index in [-0.39, 0.29) is 12.4 Å². The maximum absolute atomic E-state index is 5.66. The summed E-state index contributed by atoms with van der Waals surface area (Å²) in [4.78, 5) is 0. The number of hydrogen-bond acceptors (Lipinski definition) is 1. The van der Waals surface area contributed by atoms with E-state index >= 15 is 0 Å². The maximum atomic E-state index is 5.66. The molecule has 0 aliphatic rings. The minimum absolute atomic E-state index is 0. The molecule has 1 N–H and O–H groups in total. The van der Waals surface area contributed by atoms with Gasteiger partial charge in [0.1, 0.15) is 0 Å². The Morgan fingerprint density at radius 3 is 1.73 bits per heavy atom. The molecule has 0 spiro atoms. The number of hydrogen-bond donors (Lipinski definition) is 1. The number of halogens is 2. The molecule has 1 aromatic rings. The Morgan fingerprint density at radius 2 is 1.18 bits per heavy atom. The van der Waals surface area contributed by atoms with Crippen LogP contribution < -0.4 is 5.32 Å². The Labute approximate surface area is 148 Å². The SMILES string of the molecule is Cl.ClCCCCCCCCCCCCNCc1ccccc1. The van der Waals surface area contributed by atoms with Crippen molar-refractivity contribution in [1.29, 1.82) is 0 Å². The van der Waals surface area contributed by atoms with Crippen LogP contribution in [0.15, 0.2) is 30.3 Å². The van der Waals surface area contributed by atoms with Crippen molar-refractivity contribution in [2.75, 3.05) is 12.4 Å². The zero-order valence-electron chi connectivity index (χ0n) is 13.9. The molecule has 128 valence electrons. The van der Waals surface area contributed by atoms with Gasteiger partial charge in [-0.1, -0.05) is 81.7 Å². The molecule has 0 saturated carbocycles. The lowest BCUT2D eigenvalue weighted by atomic mass is 10.1. The molecular formula is C19H33Cl2N. The fourth-order valence-corrected chi connectivity index (χ4v) is 2.78. The summed E-state index contributed by atoms with van der Waals surface area (Å²) < 4.78 is 0. The third-order valence-corrected chi connectivity index (χ3v) is 4.18. The van der Waals surface area contributed by atoms with Crippen LogP contribution in [0.25, 0.3) is 0 Å². The normalized spacial score (nSPS) is 10.4. The second-order valence-corrected chi connectivity index (χ2v) is 6.26. The fraction of sp³-hybridized carbons (Fsp3) is 0.684. The van der Waals surface area contributed by atoms with Crippen LogP contribution in [0.5, 0.6) is 0 Å². The van der Waals surface area contributed by atoms with Gasteiger partial charge >= 0.3 is 0 Å². The number of benzene rings is 1. The number of alkyl halides is 1. The molecule has 0 amide bonds. The molecule has 0 radical (unpaired) electrons. The summed E-state index contributed by atoms with van der Waals surface area (Å²) in [6.07, 6.45) is 13.6. The van der Waals surface area contributed by atoms with Crippen LogP contribution in [0.3, 0.4) is 0 Å². The summed E-state index contributed by atoms with van der Waals surface area (Å²) in [6, 6.07) is 10.6. The van der Waals surface area contributed by atoms with Crippen molar-refractivity contribution in [2.45, 2.75) is 70.8 Å². The van der Waals surface area contributed by atoms with Crippen molar-refractivity contribution in [1.82, 2.24) is 5.32 Å². The maximum Gasteiger partial charge on any atom is 0.0223 e. The molecule has 1 rings (SSSR count). The van der Waals surface area contributed by atoms with Crippen molar-refractivity contribution < 1.29 is 0 Å². The van der Waals surface area contributed by atoms with E-state index in [0.717, 1.165) is 19.0 Å². The molecule has 1 nitrogen and oxygen atoms in total. The zero-order valence-corrected chi connectivity index (χ0v) is 15.4. The van der Waals surface area contributed by atoms with Crippen molar-refractivity contribution >= 4 is 24.0 Å². The number of unbranched alkanes of at least 4 members (excludes halogenated alkanes) is 9. The molecular weight excluding hydrogens is 313 g/mol. The predicted molar refractivity (Wildman–Crippen MR) is 102 cm³/mol. The number of nitrogens with one attached hydrogen (secondary N) is 1. The molecule has 3 heteroatoms. The lowest BCUT2D eigenvalue weighted by molar-refractivity contribution is 0.544. The Kier molecular flexibility index (Phi) is 16.9. The molecule has 0 bridgehead atoms. The highest BCUT2D eigenvalue weighted by atomic mass is 35.5. The van der Waals surface area contributed by atoms with E-state index in [1.807, 2.05) is 0 Å². The van der Waals surface area contributed by atoms with Crippen molar-refractivity contribution in [3.63, 3.8) is 0 Å². The van der Waals surface area contributed by atoms with Gasteiger partial charge in [-0.2, -0.15) is 0 Å². The summed E-state index contributed by atoms with van der Waals surface area (Å²) in [6.45, 7) is 2.15. The number of rotatable bonds is 14. The van der Waals surface area contributed by atoms with E-state index in [4.69, 9.17) is 11.6 Å². The second-order valence-electron chi connectivity index (χ2n) is 5.89. The Morgan fingerprint density at radius 1 is 0.682 bits per heavy atom. The average Bonchev–Trinajstić information content (AvgIpc) is 2.53. The molecule has 0 fully saturated rings. The van der Waals surface area contributed by atoms with Gasteiger partial charge in [0.15, 0.2) is 0 Å². The highest BCUT2D eigenvalue weighted by Crippen LogP contribution is 2.10. The first-order chi connectivity index (χ1) is 10.4. The van der Waals surface area contributed by atoms with Crippen LogP contribution in [-0.2, 0) is 6.54 Å². The van der Waals surface area contributed by atoms with Gasteiger partial charge in [0.05, 0.1) is 0 Å². The lowest BCUT2D eigenvalue weighted by Gasteiger charge is -2.05. The zero-order chi connectivity index (χ0) is 15.0. The second kappa shape index (κ2) is 17.1. The largest absolute Gasteiger partial charge is 0.313 e. The van der Waals surface area contributed by atoms with Crippen LogP contribution in [0.2, 0.25) is 0 Å². The van der Waals surface area contributed by atoms with Crippen LogP contribution >= 0.6 is 24.0 Å². The predicted octanol–water partition coefficient (Wildman–Crippen LogP) is 6.34. The van der Waals surface area contributed by atoms with Gasteiger partial charge in [0, 0.05) is 12.4 Å². The van der Waals surface area contributed by atoms with E-state index in [9.17, 15) is 0 Å². The quantitative estimate of drug-likeness (QED) is 0.306. The molecule has 0 saturated heterocycles. The summed E-state index contributed by atoms with van der Waals surface area (Å²) in [5.74, 6) is 0.832. The first kappa shape index (κ1) is 21.8. The van der Waals surface area contributed by atoms with Gasteiger partial charge in [0.2, 0.25) is 0 Å². The standard InChI is InChI=1S/C19H32ClN.ClH/c20-16-12-7-5-3-1-2-4-6-8-13-17-21-18-19-14-10-9-11-15-19;/h9-11,14-15,21H,1-8,12-13,16-18H2;1H. The van der Waals surface area contributed by atoms with E-state index in [1.54, 1.807) is 0 Å². The van der Waals surface area contributed by atoms with Crippen molar-refractivity contribution in [3.05, 3.63) is 35.9 Å².